The Kier molecular flexibility index (Phi) is 4.39. The first kappa shape index (κ1) is 13.8. The largest absolute Gasteiger partial charge is 0.395 e. The topological polar surface area (TPSA) is 76.2 Å². The number of aliphatic hydroxyl groups excluding tert-OH is 1. The van der Waals surface area contributed by atoms with Gasteiger partial charge in [0.1, 0.15) is 11.6 Å². The quantitative estimate of drug-likeness (QED) is 0.898. The van der Waals surface area contributed by atoms with E-state index in [-0.39, 0.29) is 29.8 Å². The molecule has 2 rings (SSSR count). The number of aliphatic hydroxyl groups is 1. The van der Waals surface area contributed by atoms with Gasteiger partial charge < -0.3 is 9.63 Å². The summed E-state index contributed by atoms with van der Waals surface area (Å²) in [5, 5.41) is 12.4. The second-order valence-corrected chi connectivity index (χ2v) is 5.56. The van der Waals surface area contributed by atoms with Crippen LogP contribution in [0, 0.1) is 12.7 Å². The second kappa shape index (κ2) is 6.03. The number of aromatic nitrogens is 2. The van der Waals surface area contributed by atoms with E-state index in [0.717, 1.165) is 0 Å². The van der Waals surface area contributed by atoms with Crippen LogP contribution in [0.5, 0.6) is 0 Å². The van der Waals surface area contributed by atoms with E-state index in [1.165, 1.54) is 6.07 Å². The SMILES string of the molecule is Cc1cc(-c2noc(CS(=O)CCO)n2)ccc1F. The number of aryl methyl sites for hydroxylation is 1. The lowest BCUT2D eigenvalue weighted by Gasteiger charge is -1.98. The summed E-state index contributed by atoms with van der Waals surface area (Å²) >= 11 is 0. The van der Waals surface area contributed by atoms with Gasteiger partial charge in [-0.05, 0) is 30.7 Å². The fourth-order valence-corrected chi connectivity index (χ4v) is 2.27. The van der Waals surface area contributed by atoms with Crippen molar-refractivity contribution in [1.82, 2.24) is 10.1 Å². The summed E-state index contributed by atoms with van der Waals surface area (Å²) in [6.07, 6.45) is 0. The van der Waals surface area contributed by atoms with Gasteiger partial charge in [-0.2, -0.15) is 4.98 Å². The van der Waals surface area contributed by atoms with Crippen LogP contribution < -0.4 is 0 Å². The minimum absolute atomic E-state index is 0.105. The van der Waals surface area contributed by atoms with Crippen molar-refractivity contribution in [2.45, 2.75) is 12.7 Å². The summed E-state index contributed by atoms with van der Waals surface area (Å²) in [7, 11) is -1.23. The molecule has 1 aromatic heterocycles. The van der Waals surface area contributed by atoms with Crippen molar-refractivity contribution >= 4 is 10.8 Å². The van der Waals surface area contributed by atoms with Gasteiger partial charge in [-0.25, -0.2) is 4.39 Å². The van der Waals surface area contributed by atoms with Crippen molar-refractivity contribution in [2.75, 3.05) is 12.4 Å². The number of rotatable bonds is 5. The molecule has 0 aliphatic carbocycles. The Bertz CT molecular complexity index is 600. The van der Waals surface area contributed by atoms with E-state index in [4.69, 9.17) is 9.63 Å². The van der Waals surface area contributed by atoms with Crippen molar-refractivity contribution in [3.05, 3.63) is 35.5 Å². The maximum Gasteiger partial charge on any atom is 0.239 e. The fraction of sp³-hybridized carbons (Fsp3) is 0.333. The third-order valence-corrected chi connectivity index (χ3v) is 3.69. The highest BCUT2D eigenvalue weighted by Gasteiger charge is 2.12. The normalized spacial score (nSPS) is 12.6. The number of halogens is 1. The molecule has 0 saturated carbocycles. The van der Waals surface area contributed by atoms with Crippen molar-refractivity contribution in [3.8, 4) is 11.4 Å². The van der Waals surface area contributed by atoms with Gasteiger partial charge in [-0.15, -0.1) is 0 Å². The molecule has 0 saturated heterocycles. The Hall–Kier alpha value is -1.60. The smallest absolute Gasteiger partial charge is 0.239 e. The van der Waals surface area contributed by atoms with Gasteiger partial charge in [0.15, 0.2) is 0 Å². The molecule has 102 valence electrons. The van der Waals surface area contributed by atoms with Gasteiger partial charge in [0, 0.05) is 22.1 Å². The first-order chi connectivity index (χ1) is 9.10. The van der Waals surface area contributed by atoms with Crippen LogP contribution in [-0.2, 0) is 16.6 Å². The van der Waals surface area contributed by atoms with Crippen molar-refractivity contribution in [3.63, 3.8) is 0 Å². The van der Waals surface area contributed by atoms with Gasteiger partial charge in [0.2, 0.25) is 11.7 Å². The summed E-state index contributed by atoms with van der Waals surface area (Å²) in [4.78, 5) is 4.10. The molecule has 1 heterocycles. The second-order valence-electron chi connectivity index (χ2n) is 3.99. The molecule has 1 atom stereocenters. The summed E-state index contributed by atoms with van der Waals surface area (Å²) in [5.74, 6) is 0.556. The molecule has 19 heavy (non-hydrogen) atoms. The molecular weight excluding hydrogens is 271 g/mol. The molecule has 1 unspecified atom stereocenters. The van der Waals surface area contributed by atoms with E-state index in [2.05, 4.69) is 10.1 Å². The molecule has 0 fully saturated rings. The molecule has 7 heteroatoms. The van der Waals surface area contributed by atoms with E-state index < -0.39 is 10.8 Å². The molecule has 1 N–H and O–H groups in total. The van der Waals surface area contributed by atoms with Crippen molar-refractivity contribution < 1.29 is 18.2 Å². The third-order valence-electron chi connectivity index (χ3n) is 2.49. The molecule has 5 nitrogen and oxygen atoms in total. The predicted molar refractivity (Wildman–Crippen MR) is 68.2 cm³/mol. The molecule has 1 aromatic carbocycles. The van der Waals surface area contributed by atoms with Gasteiger partial charge in [0.05, 0.1) is 6.61 Å². The Labute approximate surface area is 111 Å². The highest BCUT2D eigenvalue weighted by molar-refractivity contribution is 7.84. The molecule has 0 spiro atoms. The number of nitrogens with zero attached hydrogens (tertiary/aromatic N) is 2. The van der Waals surface area contributed by atoms with Crippen LogP contribution in [0.3, 0.4) is 0 Å². The zero-order chi connectivity index (χ0) is 13.8. The van der Waals surface area contributed by atoms with Gasteiger partial charge in [-0.1, -0.05) is 5.16 Å². The van der Waals surface area contributed by atoms with Crippen LogP contribution in [0.25, 0.3) is 11.4 Å². The van der Waals surface area contributed by atoms with Crippen molar-refractivity contribution in [2.24, 2.45) is 0 Å². The van der Waals surface area contributed by atoms with Gasteiger partial charge >= 0.3 is 0 Å². The Morgan fingerprint density at radius 2 is 2.26 bits per heavy atom. The Morgan fingerprint density at radius 1 is 1.47 bits per heavy atom. The molecule has 0 bridgehead atoms. The summed E-state index contributed by atoms with van der Waals surface area (Å²) in [6, 6.07) is 4.51. The first-order valence-electron chi connectivity index (χ1n) is 5.65. The predicted octanol–water partition coefficient (Wildman–Crippen LogP) is 1.43. The van der Waals surface area contributed by atoms with Gasteiger partial charge in [0.25, 0.3) is 0 Å². The lowest BCUT2D eigenvalue weighted by atomic mass is 10.1. The van der Waals surface area contributed by atoms with Crippen LogP contribution in [-0.4, -0.2) is 31.8 Å². The monoisotopic (exact) mass is 284 g/mol. The molecule has 0 amide bonds. The number of benzene rings is 1. The minimum atomic E-state index is -1.23. The van der Waals surface area contributed by atoms with E-state index in [9.17, 15) is 8.60 Å². The van der Waals surface area contributed by atoms with Crippen LogP contribution in [0.4, 0.5) is 4.39 Å². The fourth-order valence-electron chi connectivity index (χ4n) is 1.53. The lowest BCUT2D eigenvalue weighted by molar-refractivity contribution is 0.321. The lowest BCUT2D eigenvalue weighted by Crippen LogP contribution is -2.04. The zero-order valence-corrected chi connectivity index (χ0v) is 11.1. The maximum absolute atomic E-state index is 13.1. The maximum atomic E-state index is 13.1. The highest BCUT2D eigenvalue weighted by Crippen LogP contribution is 2.19. The summed E-state index contributed by atoms with van der Waals surface area (Å²) in [5.41, 5.74) is 1.13. The van der Waals surface area contributed by atoms with Crippen LogP contribution >= 0.6 is 0 Å². The standard InChI is InChI=1S/C12H13FN2O3S/c1-8-6-9(2-3-10(8)13)12-14-11(18-15-12)7-19(17)5-4-16/h2-3,6,16H,4-5,7H2,1H3. The minimum Gasteiger partial charge on any atom is -0.395 e. The van der Waals surface area contributed by atoms with E-state index in [1.54, 1.807) is 19.1 Å². The van der Waals surface area contributed by atoms with Crippen molar-refractivity contribution in [1.29, 1.82) is 0 Å². The molecular formula is C12H13FN2O3S. The van der Waals surface area contributed by atoms with Crippen LogP contribution in [0.2, 0.25) is 0 Å². The van der Waals surface area contributed by atoms with E-state index in [1.807, 2.05) is 0 Å². The average Bonchev–Trinajstić information content (AvgIpc) is 2.81. The number of hydrogen-bond donors (Lipinski definition) is 1. The summed E-state index contributed by atoms with van der Waals surface area (Å²) < 4.78 is 29.6. The Balaban J connectivity index is 2.16. The van der Waals surface area contributed by atoms with Gasteiger partial charge in [-0.3, -0.25) is 4.21 Å². The highest BCUT2D eigenvalue weighted by atomic mass is 32.2. The number of hydrogen-bond acceptors (Lipinski definition) is 5. The van der Waals surface area contributed by atoms with E-state index in [0.29, 0.717) is 17.0 Å². The van der Waals surface area contributed by atoms with Crippen LogP contribution in [0.1, 0.15) is 11.5 Å². The molecule has 2 aromatic rings. The zero-order valence-electron chi connectivity index (χ0n) is 10.3. The summed E-state index contributed by atoms with van der Waals surface area (Å²) in [6.45, 7) is 1.50. The Morgan fingerprint density at radius 3 is 2.95 bits per heavy atom. The van der Waals surface area contributed by atoms with E-state index >= 15 is 0 Å². The molecule has 0 radical (unpaired) electrons. The molecule has 0 aliphatic heterocycles. The molecule has 0 aliphatic rings. The van der Waals surface area contributed by atoms with Crippen LogP contribution in [0.15, 0.2) is 22.7 Å². The third kappa shape index (κ3) is 3.45. The first-order valence-corrected chi connectivity index (χ1v) is 7.14. The average molecular weight is 284 g/mol.